The Hall–Kier alpha value is -0.120. The molecule has 1 aliphatic carbocycles. The molecule has 1 N–H and O–H groups in total. The van der Waals surface area contributed by atoms with Crippen molar-refractivity contribution in [1.29, 1.82) is 0 Å². The van der Waals surface area contributed by atoms with E-state index in [-0.39, 0.29) is 0 Å². The van der Waals surface area contributed by atoms with Crippen LogP contribution in [0.4, 0.5) is 0 Å². The molecule has 1 aliphatic rings. The predicted octanol–water partition coefficient (Wildman–Crippen LogP) is 1.88. The lowest BCUT2D eigenvalue weighted by atomic mass is 10.2. The van der Waals surface area contributed by atoms with Crippen molar-refractivity contribution >= 4 is 0 Å². The molecule has 0 saturated heterocycles. The molecular formula is C13H28N2O. The van der Waals surface area contributed by atoms with Crippen LogP contribution in [0.1, 0.15) is 39.0 Å². The van der Waals surface area contributed by atoms with Crippen molar-refractivity contribution in [2.45, 2.75) is 45.1 Å². The fourth-order valence-electron chi connectivity index (χ4n) is 2.35. The fourth-order valence-corrected chi connectivity index (χ4v) is 2.35. The summed E-state index contributed by atoms with van der Waals surface area (Å²) in [5.74, 6) is 0. The number of hydrogen-bond acceptors (Lipinski definition) is 3. The third-order valence-corrected chi connectivity index (χ3v) is 3.44. The lowest BCUT2D eigenvalue weighted by Gasteiger charge is -2.23. The van der Waals surface area contributed by atoms with Crippen LogP contribution < -0.4 is 5.32 Å². The lowest BCUT2D eigenvalue weighted by molar-refractivity contribution is 0.144. The summed E-state index contributed by atoms with van der Waals surface area (Å²) in [5.41, 5.74) is 0. The molecule has 0 aromatic carbocycles. The molecule has 0 bridgehead atoms. The maximum absolute atomic E-state index is 5.29. The van der Waals surface area contributed by atoms with Crippen molar-refractivity contribution in [2.75, 3.05) is 39.9 Å². The van der Waals surface area contributed by atoms with Crippen LogP contribution in [0.25, 0.3) is 0 Å². The molecular weight excluding hydrogens is 200 g/mol. The number of likely N-dealkylation sites (N-methyl/N-ethyl adjacent to an activating group) is 1. The van der Waals surface area contributed by atoms with E-state index in [0.717, 1.165) is 38.8 Å². The van der Waals surface area contributed by atoms with Gasteiger partial charge in [0.1, 0.15) is 0 Å². The number of nitrogens with zero attached hydrogens (tertiary/aromatic N) is 1. The van der Waals surface area contributed by atoms with E-state index < -0.39 is 0 Å². The molecule has 3 nitrogen and oxygen atoms in total. The van der Waals surface area contributed by atoms with Crippen LogP contribution in [0.5, 0.6) is 0 Å². The van der Waals surface area contributed by atoms with E-state index in [1.54, 1.807) is 0 Å². The van der Waals surface area contributed by atoms with E-state index >= 15 is 0 Å². The van der Waals surface area contributed by atoms with Gasteiger partial charge in [-0.05, 0) is 39.8 Å². The summed E-state index contributed by atoms with van der Waals surface area (Å²) in [4.78, 5) is 2.52. The molecule has 0 unspecified atom stereocenters. The minimum absolute atomic E-state index is 0.838. The lowest BCUT2D eigenvalue weighted by Crippen LogP contribution is -2.35. The highest BCUT2D eigenvalue weighted by atomic mass is 16.5. The molecule has 0 heterocycles. The van der Waals surface area contributed by atoms with Gasteiger partial charge in [0.15, 0.2) is 0 Å². The van der Waals surface area contributed by atoms with Gasteiger partial charge >= 0.3 is 0 Å². The molecule has 1 saturated carbocycles. The third kappa shape index (κ3) is 5.83. The Kier molecular flexibility index (Phi) is 7.81. The summed E-state index contributed by atoms with van der Waals surface area (Å²) < 4.78 is 5.29. The van der Waals surface area contributed by atoms with Crippen LogP contribution in [0.15, 0.2) is 0 Å². The molecule has 0 radical (unpaired) electrons. The van der Waals surface area contributed by atoms with Gasteiger partial charge in [0, 0.05) is 32.3 Å². The van der Waals surface area contributed by atoms with Gasteiger partial charge in [0.05, 0.1) is 0 Å². The topological polar surface area (TPSA) is 24.5 Å². The fraction of sp³-hybridized carbons (Fsp3) is 1.00. The zero-order valence-electron chi connectivity index (χ0n) is 11.0. The summed E-state index contributed by atoms with van der Waals surface area (Å²) in [6, 6.07) is 0.852. The summed E-state index contributed by atoms with van der Waals surface area (Å²) in [6.07, 6.45) is 6.79. The quantitative estimate of drug-likeness (QED) is 0.610. The van der Waals surface area contributed by atoms with Gasteiger partial charge < -0.3 is 15.0 Å². The highest BCUT2D eigenvalue weighted by Gasteiger charge is 2.18. The van der Waals surface area contributed by atoms with Gasteiger partial charge in [0.2, 0.25) is 0 Å². The Labute approximate surface area is 101 Å². The predicted molar refractivity (Wildman–Crippen MR) is 68.9 cm³/mol. The first kappa shape index (κ1) is 13.9. The van der Waals surface area contributed by atoms with Crippen molar-refractivity contribution in [2.24, 2.45) is 0 Å². The first-order valence-corrected chi connectivity index (χ1v) is 6.83. The van der Waals surface area contributed by atoms with Crippen LogP contribution in [0, 0.1) is 0 Å². The van der Waals surface area contributed by atoms with Crippen molar-refractivity contribution in [1.82, 2.24) is 10.2 Å². The Morgan fingerprint density at radius 3 is 2.69 bits per heavy atom. The van der Waals surface area contributed by atoms with Crippen molar-refractivity contribution < 1.29 is 4.74 Å². The summed E-state index contributed by atoms with van der Waals surface area (Å²) in [5, 5.41) is 3.48. The van der Waals surface area contributed by atoms with Gasteiger partial charge in [0.25, 0.3) is 0 Å². The van der Waals surface area contributed by atoms with E-state index in [1.165, 1.54) is 32.2 Å². The third-order valence-electron chi connectivity index (χ3n) is 3.44. The minimum Gasteiger partial charge on any atom is -0.382 e. The van der Waals surface area contributed by atoms with E-state index in [1.807, 2.05) is 6.92 Å². The second-order valence-electron chi connectivity index (χ2n) is 4.72. The number of hydrogen-bond donors (Lipinski definition) is 1. The van der Waals surface area contributed by atoms with Gasteiger partial charge in [-0.15, -0.1) is 0 Å². The van der Waals surface area contributed by atoms with Gasteiger partial charge in [-0.25, -0.2) is 0 Å². The minimum atomic E-state index is 0.838. The Balaban J connectivity index is 1.86. The zero-order chi connectivity index (χ0) is 11.6. The molecule has 0 aliphatic heterocycles. The zero-order valence-corrected chi connectivity index (χ0v) is 11.0. The first-order valence-electron chi connectivity index (χ1n) is 6.83. The van der Waals surface area contributed by atoms with Crippen LogP contribution in [-0.2, 0) is 4.74 Å². The molecule has 16 heavy (non-hydrogen) atoms. The van der Waals surface area contributed by atoms with Crippen molar-refractivity contribution in [3.8, 4) is 0 Å². The van der Waals surface area contributed by atoms with E-state index in [2.05, 4.69) is 17.3 Å². The highest BCUT2D eigenvalue weighted by Crippen LogP contribution is 2.21. The second kappa shape index (κ2) is 8.97. The molecule has 3 heteroatoms. The van der Waals surface area contributed by atoms with E-state index in [4.69, 9.17) is 4.74 Å². The molecule has 0 aromatic rings. The Morgan fingerprint density at radius 1 is 1.25 bits per heavy atom. The number of ether oxygens (including phenoxy) is 1. The summed E-state index contributed by atoms with van der Waals surface area (Å²) >= 11 is 0. The number of nitrogens with one attached hydrogen (secondary N) is 1. The number of rotatable bonds is 9. The molecule has 1 rings (SSSR count). The first-order chi connectivity index (χ1) is 7.84. The average molecular weight is 228 g/mol. The van der Waals surface area contributed by atoms with E-state index in [9.17, 15) is 0 Å². The molecule has 0 spiro atoms. The van der Waals surface area contributed by atoms with Crippen molar-refractivity contribution in [3.05, 3.63) is 0 Å². The van der Waals surface area contributed by atoms with Crippen LogP contribution in [0.2, 0.25) is 0 Å². The van der Waals surface area contributed by atoms with Crippen LogP contribution >= 0.6 is 0 Å². The highest BCUT2D eigenvalue weighted by molar-refractivity contribution is 4.75. The van der Waals surface area contributed by atoms with Gasteiger partial charge in [-0.3, -0.25) is 0 Å². The Morgan fingerprint density at radius 2 is 2.00 bits per heavy atom. The maximum Gasteiger partial charge on any atom is 0.0477 e. The normalized spacial score (nSPS) is 17.4. The van der Waals surface area contributed by atoms with Crippen molar-refractivity contribution in [3.63, 3.8) is 0 Å². The van der Waals surface area contributed by atoms with Crippen LogP contribution in [0.3, 0.4) is 0 Å². The smallest absolute Gasteiger partial charge is 0.0477 e. The Bertz CT molecular complexity index is 158. The summed E-state index contributed by atoms with van der Waals surface area (Å²) in [6.45, 7) is 7.15. The molecule has 0 aromatic heterocycles. The van der Waals surface area contributed by atoms with Crippen LogP contribution in [-0.4, -0.2) is 50.8 Å². The monoisotopic (exact) mass is 228 g/mol. The SMILES string of the molecule is CCOCCCNCCN(C)C1CCCC1. The molecule has 0 amide bonds. The molecule has 0 atom stereocenters. The maximum atomic E-state index is 5.29. The summed E-state index contributed by atoms with van der Waals surface area (Å²) in [7, 11) is 2.26. The standard InChI is InChI=1S/C13H28N2O/c1-3-16-12-6-9-14-10-11-15(2)13-7-4-5-8-13/h13-14H,3-12H2,1-2H3. The average Bonchev–Trinajstić information content (AvgIpc) is 2.81. The molecule has 1 fully saturated rings. The van der Waals surface area contributed by atoms with E-state index in [0.29, 0.717) is 0 Å². The van der Waals surface area contributed by atoms with Gasteiger partial charge in [-0.2, -0.15) is 0 Å². The van der Waals surface area contributed by atoms with Gasteiger partial charge in [-0.1, -0.05) is 12.8 Å². The second-order valence-corrected chi connectivity index (χ2v) is 4.72. The largest absolute Gasteiger partial charge is 0.382 e. The molecule has 96 valence electrons.